The molecular weight excluding hydrogens is 128 g/mol. The third kappa shape index (κ3) is 5.48. The van der Waals surface area contributed by atoms with Crippen LogP contribution in [0.4, 0.5) is 0 Å². The van der Waals surface area contributed by atoms with Crippen molar-refractivity contribution >= 4 is 12.1 Å². The van der Waals surface area contributed by atoms with Crippen LogP contribution in [0.25, 0.3) is 0 Å². The van der Waals surface area contributed by atoms with E-state index in [0.29, 0.717) is 18.6 Å². The zero-order chi connectivity index (χ0) is 7.98. The van der Waals surface area contributed by atoms with Crippen LogP contribution in [0.5, 0.6) is 0 Å². The van der Waals surface area contributed by atoms with Gasteiger partial charge in [0.1, 0.15) is 0 Å². The summed E-state index contributed by atoms with van der Waals surface area (Å²) in [4.78, 5) is 20.3. The van der Waals surface area contributed by atoms with Gasteiger partial charge in [0.2, 0.25) is 0 Å². The second-order valence-electron chi connectivity index (χ2n) is 2.87. The van der Waals surface area contributed by atoms with Crippen molar-refractivity contribution in [2.24, 2.45) is 5.92 Å². The van der Waals surface area contributed by atoms with E-state index in [0.717, 1.165) is 12.8 Å². The summed E-state index contributed by atoms with van der Waals surface area (Å²) in [6, 6.07) is 0. The number of hydrogen-bond donors (Lipinski definition) is 0. The lowest BCUT2D eigenvalue weighted by atomic mass is 10.1. The standard InChI is InChI=1S/C8H14O2/c1-7(2)4-3-5-8(10)6-9/h6-7H,3-5H2,1-2H3. The van der Waals surface area contributed by atoms with Crippen LogP contribution < -0.4 is 0 Å². The Labute approximate surface area is 61.6 Å². The van der Waals surface area contributed by atoms with E-state index in [4.69, 9.17) is 0 Å². The average molecular weight is 142 g/mol. The van der Waals surface area contributed by atoms with Crippen LogP contribution in [0.2, 0.25) is 0 Å². The summed E-state index contributed by atoms with van der Waals surface area (Å²) in [7, 11) is 0. The highest BCUT2D eigenvalue weighted by molar-refractivity contribution is 6.24. The summed E-state index contributed by atoms with van der Waals surface area (Å²) >= 11 is 0. The molecular formula is C8H14O2. The van der Waals surface area contributed by atoms with Gasteiger partial charge < -0.3 is 0 Å². The maximum absolute atomic E-state index is 10.4. The lowest BCUT2D eigenvalue weighted by Gasteiger charge is -2.00. The normalized spacial score (nSPS) is 9.90. The number of carbonyl (C=O) groups excluding carboxylic acids is 2. The topological polar surface area (TPSA) is 34.1 Å². The molecule has 0 aliphatic carbocycles. The van der Waals surface area contributed by atoms with E-state index in [-0.39, 0.29) is 5.78 Å². The SMILES string of the molecule is CC(C)CCCC(=O)C=O. The minimum atomic E-state index is -0.277. The predicted molar refractivity (Wildman–Crippen MR) is 39.8 cm³/mol. The van der Waals surface area contributed by atoms with E-state index in [9.17, 15) is 9.59 Å². The molecule has 0 heterocycles. The molecule has 0 saturated heterocycles. The van der Waals surface area contributed by atoms with Crippen molar-refractivity contribution in [3.05, 3.63) is 0 Å². The molecule has 0 fully saturated rings. The van der Waals surface area contributed by atoms with Crippen molar-refractivity contribution in [3.63, 3.8) is 0 Å². The van der Waals surface area contributed by atoms with Gasteiger partial charge in [-0.1, -0.05) is 20.3 Å². The minimum absolute atomic E-state index is 0.277. The Bertz CT molecular complexity index is 116. The van der Waals surface area contributed by atoms with Gasteiger partial charge in [0, 0.05) is 6.42 Å². The highest BCUT2D eigenvalue weighted by Gasteiger charge is 1.99. The van der Waals surface area contributed by atoms with Crippen molar-refractivity contribution in [1.82, 2.24) is 0 Å². The fourth-order valence-corrected chi connectivity index (χ4v) is 0.743. The Kier molecular flexibility index (Phi) is 4.81. The van der Waals surface area contributed by atoms with E-state index >= 15 is 0 Å². The van der Waals surface area contributed by atoms with Gasteiger partial charge in [-0.15, -0.1) is 0 Å². The van der Waals surface area contributed by atoms with Crippen LogP contribution in [-0.4, -0.2) is 12.1 Å². The molecule has 2 heteroatoms. The molecule has 58 valence electrons. The molecule has 0 spiro atoms. The van der Waals surface area contributed by atoms with Gasteiger partial charge in [0.05, 0.1) is 0 Å². The zero-order valence-corrected chi connectivity index (χ0v) is 6.59. The molecule has 0 aromatic heterocycles. The molecule has 10 heavy (non-hydrogen) atoms. The third-order valence-electron chi connectivity index (χ3n) is 1.34. The van der Waals surface area contributed by atoms with Crippen LogP contribution in [-0.2, 0) is 9.59 Å². The van der Waals surface area contributed by atoms with Crippen LogP contribution in [0, 0.1) is 5.92 Å². The van der Waals surface area contributed by atoms with Crippen molar-refractivity contribution in [3.8, 4) is 0 Å². The maximum Gasteiger partial charge on any atom is 0.195 e. The fourth-order valence-electron chi connectivity index (χ4n) is 0.743. The summed E-state index contributed by atoms with van der Waals surface area (Å²) in [6.07, 6.45) is 2.69. The van der Waals surface area contributed by atoms with Gasteiger partial charge in [-0.2, -0.15) is 0 Å². The highest BCUT2D eigenvalue weighted by atomic mass is 16.2. The molecule has 0 N–H and O–H groups in total. The zero-order valence-electron chi connectivity index (χ0n) is 6.59. The third-order valence-corrected chi connectivity index (χ3v) is 1.34. The Morgan fingerprint density at radius 3 is 2.50 bits per heavy atom. The van der Waals surface area contributed by atoms with Crippen LogP contribution in [0.15, 0.2) is 0 Å². The molecule has 2 nitrogen and oxygen atoms in total. The van der Waals surface area contributed by atoms with E-state index in [1.807, 2.05) is 0 Å². The minimum Gasteiger partial charge on any atom is -0.295 e. The first-order valence-corrected chi connectivity index (χ1v) is 3.65. The summed E-state index contributed by atoms with van der Waals surface area (Å²) in [5.74, 6) is 0.347. The second-order valence-corrected chi connectivity index (χ2v) is 2.87. The summed E-state index contributed by atoms with van der Waals surface area (Å²) in [5, 5.41) is 0. The van der Waals surface area contributed by atoms with E-state index in [2.05, 4.69) is 13.8 Å². The van der Waals surface area contributed by atoms with Gasteiger partial charge in [0.25, 0.3) is 0 Å². The highest BCUT2D eigenvalue weighted by Crippen LogP contribution is 2.05. The molecule has 0 atom stereocenters. The van der Waals surface area contributed by atoms with Crippen LogP contribution >= 0.6 is 0 Å². The number of aldehydes is 1. The molecule has 0 aliphatic heterocycles. The van der Waals surface area contributed by atoms with E-state index in [1.54, 1.807) is 0 Å². The van der Waals surface area contributed by atoms with E-state index in [1.165, 1.54) is 0 Å². The number of Topliss-reactive ketones (excluding diaryl/α,β-unsaturated/α-hetero) is 1. The van der Waals surface area contributed by atoms with E-state index < -0.39 is 0 Å². The first-order valence-electron chi connectivity index (χ1n) is 3.65. The van der Waals surface area contributed by atoms with Gasteiger partial charge in [0.15, 0.2) is 12.1 Å². The van der Waals surface area contributed by atoms with Crippen molar-refractivity contribution in [2.75, 3.05) is 0 Å². The predicted octanol–water partition coefficient (Wildman–Crippen LogP) is 1.58. The number of hydrogen-bond acceptors (Lipinski definition) is 2. The molecule has 0 radical (unpaired) electrons. The maximum atomic E-state index is 10.4. The van der Waals surface area contributed by atoms with Crippen molar-refractivity contribution < 1.29 is 9.59 Å². The average Bonchev–Trinajstić information content (AvgIpc) is 1.87. The molecule has 0 aromatic rings. The summed E-state index contributed by atoms with van der Waals surface area (Å²) < 4.78 is 0. The molecule has 0 amide bonds. The quantitative estimate of drug-likeness (QED) is 0.431. The van der Waals surface area contributed by atoms with Gasteiger partial charge in [-0.25, -0.2) is 0 Å². The van der Waals surface area contributed by atoms with Gasteiger partial charge in [-0.3, -0.25) is 9.59 Å². The van der Waals surface area contributed by atoms with Crippen LogP contribution in [0.3, 0.4) is 0 Å². The number of ketones is 1. The molecule has 0 aromatic carbocycles. The van der Waals surface area contributed by atoms with Crippen molar-refractivity contribution in [1.29, 1.82) is 0 Å². The fraction of sp³-hybridized carbons (Fsp3) is 0.750. The van der Waals surface area contributed by atoms with Gasteiger partial charge in [-0.05, 0) is 12.3 Å². The largest absolute Gasteiger partial charge is 0.295 e. The summed E-state index contributed by atoms with van der Waals surface area (Å²) in [5.41, 5.74) is 0. The lowest BCUT2D eigenvalue weighted by Crippen LogP contribution is -1.99. The second kappa shape index (κ2) is 5.15. The van der Waals surface area contributed by atoms with Gasteiger partial charge >= 0.3 is 0 Å². The van der Waals surface area contributed by atoms with Crippen molar-refractivity contribution in [2.45, 2.75) is 33.1 Å². The Morgan fingerprint density at radius 2 is 2.10 bits per heavy atom. The number of carbonyl (C=O) groups is 2. The van der Waals surface area contributed by atoms with Crippen LogP contribution in [0.1, 0.15) is 33.1 Å². The Balaban J connectivity index is 3.19. The number of rotatable bonds is 5. The smallest absolute Gasteiger partial charge is 0.195 e. The first kappa shape index (κ1) is 9.34. The molecule has 0 unspecified atom stereocenters. The first-order chi connectivity index (χ1) is 4.66. The molecule has 0 rings (SSSR count). The molecule has 0 saturated carbocycles. The summed E-state index contributed by atoms with van der Waals surface area (Å²) in [6.45, 7) is 4.21. The monoisotopic (exact) mass is 142 g/mol. The molecule has 0 aliphatic rings. The Hall–Kier alpha value is -0.660. The Morgan fingerprint density at radius 1 is 1.50 bits per heavy atom. The lowest BCUT2D eigenvalue weighted by molar-refractivity contribution is -0.129. The molecule has 0 bridgehead atoms.